The highest BCUT2D eigenvalue weighted by Crippen LogP contribution is 2.20. The highest BCUT2D eigenvalue weighted by atomic mass is 16.1. The number of hydrogen-bond donors (Lipinski definition) is 3. The molecule has 2 aromatic rings. The molecule has 0 aliphatic carbocycles. The highest BCUT2D eigenvalue weighted by molar-refractivity contribution is 5.74. The van der Waals surface area contributed by atoms with E-state index in [0.29, 0.717) is 24.3 Å². The standard InChI is InChI=1S/C16H25N7O/c1-3-4-8-22-13-14(19-16(22)21-10-6-18-7-11-21)20-23(15(13)24)9-5-12(2)17/h12,18,20H,5-11,17H2,1-2H3. The monoisotopic (exact) mass is 331 g/mol. The van der Waals surface area contributed by atoms with Gasteiger partial charge < -0.3 is 16.0 Å². The number of anilines is 1. The van der Waals surface area contributed by atoms with Gasteiger partial charge in [-0.15, -0.1) is 5.92 Å². The molecule has 1 saturated heterocycles. The van der Waals surface area contributed by atoms with Gasteiger partial charge in [0.15, 0.2) is 11.2 Å². The van der Waals surface area contributed by atoms with E-state index in [0.717, 1.165) is 38.5 Å². The first-order chi connectivity index (χ1) is 11.6. The van der Waals surface area contributed by atoms with Gasteiger partial charge in [0.2, 0.25) is 5.95 Å². The molecule has 4 N–H and O–H groups in total. The Bertz CT molecular complexity index is 811. The van der Waals surface area contributed by atoms with Crippen LogP contribution in [-0.4, -0.2) is 51.6 Å². The molecule has 1 aliphatic heterocycles. The van der Waals surface area contributed by atoms with Crippen molar-refractivity contribution in [2.75, 3.05) is 31.1 Å². The number of aromatic amines is 1. The normalized spacial score (nSPS) is 16.2. The number of nitrogens with two attached hydrogens (primary N) is 1. The maximum Gasteiger partial charge on any atom is 0.292 e. The van der Waals surface area contributed by atoms with Crippen molar-refractivity contribution in [2.24, 2.45) is 5.73 Å². The summed E-state index contributed by atoms with van der Waals surface area (Å²) in [5, 5.41) is 6.45. The topological polar surface area (TPSA) is 96.9 Å². The molecule has 2 aromatic heterocycles. The molecule has 0 spiro atoms. The number of aromatic nitrogens is 4. The largest absolute Gasteiger partial charge is 0.340 e. The number of hydrogen-bond acceptors (Lipinski definition) is 5. The van der Waals surface area contributed by atoms with Crippen LogP contribution < -0.4 is 21.5 Å². The first-order valence-corrected chi connectivity index (χ1v) is 8.41. The summed E-state index contributed by atoms with van der Waals surface area (Å²) in [6.45, 7) is 8.35. The molecule has 1 fully saturated rings. The third kappa shape index (κ3) is 3.18. The first kappa shape index (κ1) is 16.6. The van der Waals surface area contributed by atoms with Crippen LogP contribution in [0.1, 0.15) is 20.3 Å². The van der Waals surface area contributed by atoms with Crippen LogP contribution in [0.25, 0.3) is 11.2 Å². The van der Waals surface area contributed by atoms with Gasteiger partial charge in [0.05, 0.1) is 6.54 Å². The van der Waals surface area contributed by atoms with Crippen molar-refractivity contribution in [1.29, 1.82) is 0 Å². The quantitative estimate of drug-likeness (QED) is 0.654. The highest BCUT2D eigenvalue weighted by Gasteiger charge is 2.22. The molecule has 8 heteroatoms. The van der Waals surface area contributed by atoms with Crippen LogP contribution in [0.15, 0.2) is 4.79 Å². The van der Waals surface area contributed by atoms with Crippen LogP contribution >= 0.6 is 0 Å². The number of aryl methyl sites for hydroxylation is 1. The molecule has 1 atom stereocenters. The second-order valence-electron chi connectivity index (χ2n) is 6.19. The average molecular weight is 331 g/mol. The Kier molecular flexibility index (Phi) is 4.92. The van der Waals surface area contributed by atoms with Gasteiger partial charge in [0.1, 0.15) is 0 Å². The Labute approximate surface area is 141 Å². The molecule has 3 heterocycles. The first-order valence-electron chi connectivity index (χ1n) is 8.41. The van der Waals surface area contributed by atoms with Crippen molar-refractivity contribution in [3.05, 3.63) is 10.4 Å². The van der Waals surface area contributed by atoms with Crippen LogP contribution in [0.3, 0.4) is 0 Å². The second-order valence-corrected chi connectivity index (χ2v) is 6.19. The van der Waals surface area contributed by atoms with Gasteiger partial charge in [0, 0.05) is 38.8 Å². The minimum Gasteiger partial charge on any atom is -0.340 e. The summed E-state index contributed by atoms with van der Waals surface area (Å²) in [7, 11) is 0. The SMILES string of the molecule is CC#CCn1c(N2CCNCC2)nc2[nH]n(CCC(C)N)c(=O)c21. The summed E-state index contributed by atoms with van der Waals surface area (Å²) >= 11 is 0. The molecular formula is C16H25N7O. The van der Waals surface area contributed by atoms with Gasteiger partial charge in [-0.2, -0.15) is 4.98 Å². The fraction of sp³-hybridized carbons (Fsp3) is 0.625. The Balaban J connectivity index is 2.02. The molecule has 8 nitrogen and oxygen atoms in total. The Morgan fingerprint density at radius 3 is 2.79 bits per heavy atom. The smallest absolute Gasteiger partial charge is 0.292 e. The van der Waals surface area contributed by atoms with Gasteiger partial charge in [-0.25, -0.2) is 4.68 Å². The second kappa shape index (κ2) is 7.11. The van der Waals surface area contributed by atoms with Crippen LogP contribution in [-0.2, 0) is 13.1 Å². The van der Waals surface area contributed by atoms with E-state index in [9.17, 15) is 4.79 Å². The summed E-state index contributed by atoms with van der Waals surface area (Å²) in [6, 6.07) is 0.0528. The molecule has 3 rings (SSSR count). The van der Waals surface area contributed by atoms with Gasteiger partial charge in [-0.3, -0.25) is 14.5 Å². The van der Waals surface area contributed by atoms with E-state index in [-0.39, 0.29) is 11.6 Å². The summed E-state index contributed by atoms with van der Waals surface area (Å²) in [5.41, 5.74) is 6.95. The van der Waals surface area contributed by atoms with Gasteiger partial charge in [-0.1, -0.05) is 5.92 Å². The summed E-state index contributed by atoms with van der Waals surface area (Å²) in [4.78, 5) is 19.7. The van der Waals surface area contributed by atoms with Gasteiger partial charge in [0.25, 0.3) is 5.56 Å². The number of H-pyrrole nitrogens is 1. The number of nitrogens with zero attached hydrogens (tertiary/aromatic N) is 4. The predicted molar refractivity (Wildman–Crippen MR) is 95.1 cm³/mol. The Morgan fingerprint density at radius 1 is 1.38 bits per heavy atom. The number of fused-ring (bicyclic) bond motifs is 1. The van der Waals surface area contributed by atoms with E-state index in [1.165, 1.54) is 0 Å². The maximum absolute atomic E-state index is 12.8. The van der Waals surface area contributed by atoms with Crippen LogP contribution in [0.4, 0.5) is 5.95 Å². The van der Waals surface area contributed by atoms with E-state index in [1.807, 2.05) is 11.5 Å². The van der Waals surface area contributed by atoms with Crippen LogP contribution in [0.5, 0.6) is 0 Å². The lowest BCUT2D eigenvalue weighted by atomic mass is 10.2. The van der Waals surface area contributed by atoms with E-state index >= 15 is 0 Å². The van der Waals surface area contributed by atoms with Crippen LogP contribution in [0.2, 0.25) is 0 Å². The predicted octanol–water partition coefficient (Wildman–Crippen LogP) is -0.304. The maximum atomic E-state index is 12.8. The summed E-state index contributed by atoms with van der Waals surface area (Å²) in [6.07, 6.45) is 0.739. The molecular weight excluding hydrogens is 306 g/mol. The molecule has 1 unspecified atom stereocenters. The summed E-state index contributed by atoms with van der Waals surface area (Å²) < 4.78 is 3.52. The zero-order valence-electron chi connectivity index (χ0n) is 14.3. The van der Waals surface area contributed by atoms with Crippen molar-refractivity contribution in [1.82, 2.24) is 24.6 Å². The molecule has 0 saturated carbocycles. The van der Waals surface area contributed by atoms with Crippen molar-refractivity contribution in [3.8, 4) is 11.8 Å². The molecule has 1 aliphatic rings. The van der Waals surface area contributed by atoms with E-state index in [2.05, 4.69) is 32.1 Å². The number of imidazole rings is 1. The third-order valence-corrected chi connectivity index (χ3v) is 4.26. The minimum absolute atomic E-state index is 0.0528. The lowest BCUT2D eigenvalue weighted by Crippen LogP contribution is -2.44. The molecule has 0 radical (unpaired) electrons. The Hall–Kier alpha value is -2.24. The van der Waals surface area contributed by atoms with E-state index in [1.54, 1.807) is 11.6 Å². The van der Waals surface area contributed by atoms with Crippen molar-refractivity contribution in [2.45, 2.75) is 39.4 Å². The van der Waals surface area contributed by atoms with E-state index < -0.39 is 0 Å². The Morgan fingerprint density at radius 2 is 2.12 bits per heavy atom. The van der Waals surface area contributed by atoms with Gasteiger partial charge >= 0.3 is 0 Å². The van der Waals surface area contributed by atoms with Crippen LogP contribution in [0, 0.1) is 11.8 Å². The lowest BCUT2D eigenvalue weighted by Gasteiger charge is -2.28. The third-order valence-electron chi connectivity index (χ3n) is 4.26. The number of piperazine rings is 1. The molecule has 0 aromatic carbocycles. The fourth-order valence-electron chi connectivity index (χ4n) is 2.95. The zero-order valence-corrected chi connectivity index (χ0v) is 14.3. The minimum atomic E-state index is -0.0579. The molecule has 130 valence electrons. The molecule has 0 amide bonds. The van der Waals surface area contributed by atoms with Gasteiger partial charge in [-0.05, 0) is 20.3 Å². The summed E-state index contributed by atoms with van der Waals surface area (Å²) in [5.74, 6) is 6.78. The van der Waals surface area contributed by atoms with Crippen molar-refractivity contribution in [3.63, 3.8) is 0 Å². The molecule has 24 heavy (non-hydrogen) atoms. The zero-order chi connectivity index (χ0) is 17.1. The van der Waals surface area contributed by atoms with Crippen molar-refractivity contribution >= 4 is 17.1 Å². The van der Waals surface area contributed by atoms with E-state index in [4.69, 9.17) is 5.73 Å². The average Bonchev–Trinajstić information content (AvgIpc) is 3.09. The number of nitrogens with one attached hydrogen (secondary N) is 2. The van der Waals surface area contributed by atoms with Crippen molar-refractivity contribution < 1.29 is 0 Å². The molecule has 0 bridgehead atoms. The lowest BCUT2D eigenvalue weighted by molar-refractivity contribution is 0.520. The fourth-order valence-corrected chi connectivity index (χ4v) is 2.95. The number of rotatable bonds is 5.